The highest BCUT2D eigenvalue weighted by Crippen LogP contribution is 2.42. The van der Waals surface area contributed by atoms with Gasteiger partial charge in [0.2, 0.25) is 0 Å². The maximum absolute atomic E-state index is 6.43. The lowest BCUT2D eigenvalue weighted by molar-refractivity contribution is 0.670. The molecule has 0 saturated heterocycles. The van der Waals surface area contributed by atoms with Crippen LogP contribution in [0.15, 0.2) is 223 Å². The molecule has 282 valence electrons. The Kier molecular flexibility index (Phi) is 8.02. The van der Waals surface area contributed by atoms with E-state index < -0.39 is 0 Å². The number of hydrogen-bond donors (Lipinski definition) is 0. The first kappa shape index (κ1) is 34.4. The Morgan fingerprint density at radius 2 is 1.00 bits per heavy atom. The maximum atomic E-state index is 6.43. The molecule has 0 saturated carbocycles. The third-order valence-corrected chi connectivity index (χ3v) is 12.6. The lowest BCUT2D eigenvalue weighted by Crippen LogP contribution is -2.13. The highest BCUT2D eigenvalue weighted by Gasteiger charge is 2.24. The summed E-state index contributed by atoms with van der Waals surface area (Å²) < 4.78 is 6.43. The van der Waals surface area contributed by atoms with Crippen LogP contribution in [0.3, 0.4) is 0 Å². The Bertz CT molecular complexity index is 3360. The Labute approximate surface area is 349 Å². The van der Waals surface area contributed by atoms with E-state index in [0.717, 1.165) is 50.1 Å². The summed E-state index contributed by atoms with van der Waals surface area (Å²) in [7, 11) is 0. The average Bonchev–Trinajstić information content (AvgIpc) is 3.71. The minimum atomic E-state index is 0.408. The van der Waals surface area contributed by atoms with Gasteiger partial charge in [-0.05, 0) is 115 Å². The summed E-state index contributed by atoms with van der Waals surface area (Å²) in [5, 5.41) is 7.36. The molecule has 60 heavy (non-hydrogen) atoms. The van der Waals surface area contributed by atoms with E-state index in [9.17, 15) is 0 Å². The molecular formula is C58H39NO. The Morgan fingerprint density at radius 1 is 0.400 bits per heavy atom. The third-order valence-electron chi connectivity index (χ3n) is 12.6. The van der Waals surface area contributed by atoms with Gasteiger partial charge in [-0.15, -0.1) is 0 Å². The van der Waals surface area contributed by atoms with Crippen LogP contribution in [-0.4, -0.2) is 0 Å². The van der Waals surface area contributed by atoms with Gasteiger partial charge >= 0.3 is 0 Å². The molecule has 1 aromatic heterocycles. The molecule has 9 aromatic carbocycles. The van der Waals surface area contributed by atoms with Crippen molar-refractivity contribution >= 4 is 66.6 Å². The number of hydrogen-bond acceptors (Lipinski definition) is 2. The van der Waals surface area contributed by atoms with Crippen LogP contribution in [0.2, 0.25) is 0 Å². The van der Waals surface area contributed by atoms with E-state index >= 15 is 0 Å². The van der Waals surface area contributed by atoms with Crippen molar-refractivity contribution in [1.29, 1.82) is 0 Å². The number of para-hydroxylation sites is 2. The molecule has 2 aliphatic rings. The summed E-state index contributed by atoms with van der Waals surface area (Å²) in [5.41, 5.74) is 14.8. The van der Waals surface area contributed by atoms with E-state index in [4.69, 9.17) is 4.42 Å². The number of allylic oxidation sites excluding steroid dienone is 5. The molecule has 2 unspecified atom stereocenters. The van der Waals surface area contributed by atoms with Gasteiger partial charge in [-0.3, -0.25) is 0 Å². The van der Waals surface area contributed by atoms with Gasteiger partial charge in [0.1, 0.15) is 11.2 Å². The zero-order valence-electron chi connectivity index (χ0n) is 32.9. The zero-order valence-corrected chi connectivity index (χ0v) is 32.9. The monoisotopic (exact) mass is 765 g/mol. The number of rotatable bonds is 6. The fourth-order valence-corrected chi connectivity index (χ4v) is 9.55. The van der Waals surface area contributed by atoms with E-state index in [-0.39, 0.29) is 0 Å². The van der Waals surface area contributed by atoms with Gasteiger partial charge in [0.25, 0.3) is 0 Å². The molecule has 10 aromatic rings. The second-order valence-corrected chi connectivity index (χ2v) is 16.1. The van der Waals surface area contributed by atoms with Crippen LogP contribution < -0.4 is 4.90 Å². The standard InChI is InChI=1S/C58H39NO/c1-3-10-50-40(8-1)16-18-45-36-43(26-34-52(45)50)38-20-28-47(29-21-38)59(49-32-24-42(25-33-49)54-13-7-14-56-55-12-5-6-15-57(55)60-58(54)56)48-30-22-39(23-31-48)44-27-35-53-46(37-44)19-17-41-9-2-4-11-51(41)53/h1-37,40,50H. The predicted octanol–water partition coefficient (Wildman–Crippen LogP) is 16.2. The van der Waals surface area contributed by atoms with Crippen LogP contribution in [0.1, 0.15) is 17.0 Å². The molecule has 0 fully saturated rings. The van der Waals surface area contributed by atoms with Gasteiger partial charge in [-0.2, -0.15) is 0 Å². The molecule has 2 atom stereocenters. The molecule has 2 aliphatic carbocycles. The summed E-state index contributed by atoms with van der Waals surface area (Å²) in [4.78, 5) is 2.35. The van der Waals surface area contributed by atoms with E-state index in [1.54, 1.807) is 0 Å². The highest BCUT2D eigenvalue weighted by atomic mass is 16.3. The minimum absolute atomic E-state index is 0.408. The second kappa shape index (κ2) is 14.0. The molecule has 0 radical (unpaired) electrons. The quantitative estimate of drug-likeness (QED) is 0.157. The fourth-order valence-electron chi connectivity index (χ4n) is 9.55. The zero-order chi connectivity index (χ0) is 39.6. The van der Waals surface area contributed by atoms with E-state index in [1.807, 2.05) is 12.1 Å². The summed E-state index contributed by atoms with van der Waals surface area (Å²) >= 11 is 0. The largest absolute Gasteiger partial charge is 0.455 e. The van der Waals surface area contributed by atoms with Crippen LogP contribution >= 0.6 is 0 Å². The first-order valence-electron chi connectivity index (χ1n) is 20.8. The van der Waals surface area contributed by atoms with Crippen LogP contribution in [-0.2, 0) is 0 Å². The predicted molar refractivity (Wildman–Crippen MR) is 253 cm³/mol. The molecular weight excluding hydrogens is 727 g/mol. The molecule has 0 bridgehead atoms. The molecule has 12 rings (SSSR count). The summed E-state index contributed by atoms with van der Waals surface area (Å²) in [6, 6.07) is 68.4. The van der Waals surface area contributed by atoms with Crippen molar-refractivity contribution in [3.8, 4) is 33.4 Å². The van der Waals surface area contributed by atoms with Crippen LogP contribution in [0, 0.1) is 5.92 Å². The van der Waals surface area contributed by atoms with Crippen molar-refractivity contribution in [2.75, 3.05) is 4.90 Å². The normalized spacial score (nSPS) is 15.5. The van der Waals surface area contributed by atoms with Crippen molar-refractivity contribution in [3.05, 3.63) is 230 Å². The first-order chi connectivity index (χ1) is 29.7. The van der Waals surface area contributed by atoms with Gasteiger partial charge < -0.3 is 9.32 Å². The molecule has 0 amide bonds. The summed E-state index contributed by atoms with van der Waals surface area (Å²) in [6.45, 7) is 0. The van der Waals surface area contributed by atoms with Crippen molar-refractivity contribution in [2.45, 2.75) is 5.92 Å². The fraction of sp³-hybridized carbons (Fsp3) is 0.0345. The second-order valence-electron chi connectivity index (χ2n) is 16.1. The number of fused-ring (bicyclic) bond motifs is 9. The van der Waals surface area contributed by atoms with E-state index in [2.05, 4.69) is 217 Å². The van der Waals surface area contributed by atoms with Gasteiger partial charge in [0, 0.05) is 45.2 Å². The van der Waals surface area contributed by atoms with Gasteiger partial charge in [-0.1, -0.05) is 170 Å². The smallest absolute Gasteiger partial charge is 0.143 e. The molecule has 0 N–H and O–H groups in total. The third kappa shape index (κ3) is 5.80. The van der Waals surface area contributed by atoms with Crippen molar-refractivity contribution in [1.82, 2.24) is 0 Å². The van der Waals surface area contributed by atoms with E-state index in [1.165, 1.54) is 54.9 Å². The lowest BCUT2D eigenvalue weighted by Gasteiger charge is -2.28. The van der Waals surface area contributed by atoms with Crippen molar-refractivity contribution < 1.29 is 4.42 Å². The molecule has 2 heteroatoms. The minimum Gasteiger partial charge on any atom is -0.455 e. The van der Waals surface area contributed by atoms with Crippen LogP contribution in [0.5, 0.6) is 0 Å². The van der Waals surface area contributed by atoms with Crippen molar-refractivity contribution in [3.63, 3.8) is 0 Å². The lowest BCUT2D eigenvalue weighted by atomic mass is 9.76. The molecule has 1 heterocycles. The van der Waals surface area contributed by atoms with Crippen LogP contribution in [0.4, 0.5) is 17.1 Å². The summed E-state index contributed by atoms with van der Waals surface area (Å²) in [6.07, 6.45) is 13.6. The van der Waals surface area contributed by atoms with Gasteiger partial charge in [-0.25, -0.2) is 0 Å². The average molecular weight is 766 g/mol. The van der Waals surface area contributed by atoms with Gasteiger partial charge in [0.05, 0.1) is 0 Å². The molecule has 0 spiro atoms. The number of anilines is 3. The Hall–Kier alpha value is -7.68. The Balaban J connectivity index is 0.910. The molecule has 2 nitrogen and oxygen atoms in total. The highest BCUT2D eigenvalue weighted by molar-refractivity contribution is 6.10. The number of nitrogens with zero attached hydrogens (tertiary/aromatic N) is 1. The van der Waals surface area contributed by atoms with Crippen LogP contribution in [0.25, 0.3) is 82.9 Å². The van der Waals surface area contributed by atoms with Crippen molar-refractivity contribution in [2.24, 2.45) is 5.92 Å². The topological polar surface area (TPSA) is 16.4 Å². The molecule has 0 aliphatic heterocycles. The number of furan rings is 1. The SMILES string of the molecule is C1=CC2C=Cc3cc(-c4ccc(N(c5ccc(-c6ccc7c(ccc8ccccc87)c6)cc5)c5ccc(-c6cccc7c6oc6ccccc67)cc5)cc4)ccc3C2C=C1. The first-order valence-corrected chi connectivity index (χ1v) is 20.8. The maximum Gasteiger partial charge on any atom is 0.143 e. The number of benzene rings is 9. The van der Waals surface area contributed by atoms with Gasteiger partial charge in [0.15, 0.2) is 0 Å². The Morgan fingerprint density at radius 3 is 1.78 bits per heavy atom. The van der Waals surface area contributed by atoms with E-state index in [0.29, 0.717) is 11.8 Å². The summed E-state index contributed by atoms with van der Waals surface area (Å²) in [5.74, 6) is 0.847.